The summed E-state index contributed by atoms with van der Waals surface area (Å²) in [6, 6.07) is 5.44. The van der Waals surface area contributed by atoms with Gasteiger partial charge in [0.1, 0.15) is 11.3 Å². The molecule has 2 heterocycles. The van der Waals surface area contributed by atoms with Crippen molar-refractivity contribution in [2.45, 2.75) is 61.7 Å². The molecule has 0 spiro atoms. The minimum atomic E-state index is -4.47. The minimum absolute atomic E-state index is 0.0351. The van der Waals surface area contributed by atoms with E-state index in [1.165, 1.54) is 29.2 Å². The van der Waals surface area contributed by atoms with E-state index in [1.807, 2.05) is 6.92 Å². The quantitative estimate of drug-likeness (QED) is 0.746. The first-order chi connectivity index (χ1) is 13.5. The molecule has 158 valence electrons. The molecule has 0 aliphatic carbocycles. The van der Waals surface area contributed by atoms with Crippen LogP contribution in [-0.2, 0) is 5.60 Å². The van der Waals surface area contributed by atoms with Crippen molar-refractivity contribution in [3.05, 3.63) is 41.7 Å². The molecule has 3 rings (SSSR count). The molecule has 1 saturated heterocycles. The van der Waals surface area contributed by atoms with Gasteiger partial charge in [-0.05, 0) is 57.5 Å². The van der Waals surface area contributed by atoms with Gasteiger partial charge in [-0.25, -0.2) is 0 Å². The van der Waals surface area contributed by atoms with Gasteiger partial charge in [0.05, 0.1) is 17.8 Å². The lowest BCUT2D eigenvalue weighted by Gasteiger charge is -2.37. The highest BCUT2D eigenvalue weighted by Crippen LogP contribution is 2.39. The molecule has 1 aromatic heterocycles. The van der Waals surface area contributed by atoms with Crippen LogP contribution < -0.4 is 0 Å². The Balaban J connectivity index is 1.83. The number of rotatable bonds is 4. The molecule has 0 saturated carbocycles. The van der Waals surface area contributed by atoms with Crippen molar-refractivity contribution in [3.8, 4) is 0 Å². The second kappa shape index (κ2) is 7.98. The SMILES string of the molecule is C[C@@H]1CC[C@@H](n2ncc(C(C)(C)O)n2)CN1C(=O)c1ccccc1SC(F)(F)F. The van der Waals surface area contributed by atoms with E-state index >= 15 is 0 Å². The van der Waals surface area contributed by atoms with Gasteiger partial charge in [-0.3, -0.25) is 4.79 Å². The smallest absolute Gasteiger partial charge is 0.384 e. The number of hydrogen-bond donors (Lipinski definition) is 1. The van der Waals surface area contributed by atoms with E-state index in [2.05, 4.69) is 10.2 Å². The number of hydrogen-bond acceptors (Lipinski definition) is 5. The van der Waals surface area contributed by atoms with Crippen molar-refractivity contribution in [2.24, 2.45) is 0 Å². The molecule has 0 unspecified atom stereocenters. The van der Waals surface area contributed by atoms with Crippen molar-refractivity contribution in [3.63, 3.8) is 0 Å². The molecule has 0 radical (unpaired) electrons. The lowest BCUT2D eigenvalue weighted by molar-refractivity contribution is -0.0328. The number of benzene rings is 1. The first kappa shape index (κ1) is 21.6. The van der Waals surface area contributed by atoms with Crippen molar-refractivity contribution in [1.29, 1.82) is 0 Å². The number of halogens is 3. The predicted molar refractivity (Wildman–Crippen MR) is 102 cm³/mol. The number of likely N-dealkylation sites (tertiary alicyclic amines) is 1. The molecular weight excluding hydrogens is 405 g/mol. The van der Waals surface area contributed by atoms with E-state index < -0.39 is 17.0 Å². The molecule has 1 aromatic carbocycles. The average Bonchev–Trinajstić information content (AvgIpc) is 3.11. The summed E-state index contributed by atoms with van der Waals surface area (Å²) in [4.78, 5) is 16.1. The zero-order valence-corrected chi connectivity index (χ0v) is 17.2. The molecule has 1 aliphatic heterocycles. The molecule has 2 aromatic rings. The first-order valence-electron chi connectivity index (χ1n) is 9.26. The molecule has 6 nitrogen and oxygen atoms in total. The van der Waals surface area contributed by atoms with E-state index in [9.17, 15) is 23.1 Å². The molecule has 10 heteroatoms. The van der Waals surface area contributed by atoms with Crippen LogP contribution in [0.1, 0.15) is 55.7 Å². The summed E-state index contributed by atoms with van der Waals surface area (Å²) in [5.41, 5.74) is -5.16. The Morgan fingerprint density at radius 2 is 1.93 bits per heavy atom. The zero-order chi connectivity index (χ0) is 21.4. The van der Waals surface area contributed by atoms with Crippen LogP contribution in [0.5, 0.6) is 0 Å². The zero-order valence-electron chi connectivity index (χ0n) is 16.3. The number of carbonyl (C=O) groups is 1. The molecule has 1 fully saturated rings. The van der Waals surface area contributed by atoms with Crippen LogP contribution in [0.15, 0.2) is 35.4 Å². The van der Waals surface area contributed by atoms with Gasteiger partial charge in [0.25, 0.3) is 5.91 Å². The number of aromatic nitrogens is 3. The van der Waals surface area contributed by atoms with Gasteiger partial charge in [0.2, 0.25) is 0 Å². The van der Waals surface area contributed by atoms with E-state index in [0.29, 0.717) is 12.1 Å². The Kier molecular flexibility index (Phi) is 5.96. The minimum Gasteiger partial charge on any atom is -0.384 e. The van der Waals surface area contributed by atoms with Gasteiger partial charge in [-0.15, -0.1) is 0 Å². The first-order valence-corrected chi connectivity index (χ1v) is 10.1. The van der Waals surface area contributed by atoms with E-state index in [-0.39, 0.29) is 40.8 Å². The molecular formula is C19H23F3N4O2S. The Labute approximate surface area is 171 Å². The normalized spacial score (nSPS) is 20.7. The number of thioether (sulfide) groups is 1. The van der Waals surface area contributed by atoms with Gasteiger partial charge >= 0.3 is 5.51 Å². The molecule has 1 aliphatic rings. The highest BCUT2D eigenvalue weighted by atomic mass is 32.2. The fourth-order valence-corrected chi connectivity index (χ4v) is 3.96. The molecule has 1 N–H and O–H groups in total. The van der Waals surface area contributed by atoms with Gasteiger partial charge in [-0.1, -0.05) is 12.1 Å². The average molecular weight is 428 g/mol. The van der Waals surface area contributed by atoms with Crippen molar-refractivity contribution < 1.29 is 23.1 Å². The van der Waals surface area contributed by atoms with E-state index in [1.54, 1.807) is 24.8 Å². The van der Waals surface area contributed by atoms with Crippen LogP contribution in [-0.4, -0.2) is 49.0 Å². The third-order valence-corrected chi connectivity index (χ3v) is 5.73. The van der Waals surface area contributed by atoms with Gasteiger partial charge in [0, 0.05) is 17.5 Å². The van der Waals surface area contributed by atoms with Crippen LogP contribution in [0.25, 0.3) is 0 Å². The highest BCUT2D eigenvalue weighted by molar-refractivity contribution is 8.00. The second-order valence-corrected chi connectivity index (χ2v) is 8.80. The summed E-state index contributed by atoms with van der Waals surface area (Å²) >= 11 is -0.281. The summed E-state index contributed by atoms with van der Waals surface area (Å²) in [7, 11) is 0. The van der Waals surface area contributed by atoms with Gasteiger partial charge < -0.3 is 10.0 Å². The fourth-order valence-electron chi connectivity index (χ4n) is 3.30. The molecule has 1 amide bonds. The van der Waals surface area contributed by atoms with Crippen molar-refractivity contribution in [2.75, 3.05) is 6.54 Å². The van der Waals surface area contributed by atoms with E-state index in [0.717, 1.165) is 6.42 Å². The monoisotopic (exact) mass is 428 g/mol. The number of piperidine rings is 1. The summed E-state index contributed by atoms with van der Waals surface area (Å²) in [6.45, 7) is 5.38. The number of nitrogens with zero attached hydrogens (tertiary/aromatic N) is 4. The summed E-state index contributed by atoms with van der Waals surface area (Å²) in [5.74, 6) is -0.440. The van der Waals surface area contributed by atoms with Crippen LogP contribution in [0.4, 0.5) is 13.2 Å². The summed E-state index contributed by atoms with van der Waals surface area (Å²) in [6.07, 6.45) is 2.88. The lowest BCUT2D eigenvalue weighted by Crippen LogP contribution is -2.46. The topological polar surface area (TPSA) is 71.2 Å². The Morgan fingerprint density at radius 3 is 2.55 bits per heavy atom. The number of carbonyl (C=O) groups excluding carboxylic acids is 1. The summed E-state index contributed by atoms with van der Waals surface area (Å²) in [5, 5.41) is 18.6. The third-order valence-electron chi connectivity index (χ3n) is 4.92. The van der Waals surface area contributed by atoms with Crippen LogP contribution in [0.2, 0.25) is 0 Å². The highest BCUT2D eigenvalue weighted by Gasteiger charge is 2.35. The molecule has 29 heavy (non-hydrogen) atoms. The molecule has 2 atom stereocenters. The van der Waals surface area contributed by atoms with Crippen molar-refractivity contribution >= 4 is 17.7 Å². The second-order valence-electron chi connectivity index (χ2n) is 7.69. The van der Waals surface area contributed by atoms with Crippen LogP contribution >= 0.6 is 11.8 Å². The van der Waals surface area contributed by atoms with E-state index in [4.69, 9.17) is 0 Å². The van der Waals surface area contributed by atoms with Gasteiger partial charge in [-0.2, -0.15) is 28.2 Å². The lowest BCUT2D eigenvalue weighted by atomic mass is 9.98. The summed E-state index contributed by atoms with van der Waals surface area (Å²) < 4.78 is 38.7. The molecule has 0 bridgehead atoms. The maximum Gasteiger partial charge on any atom is 0.446 e. The standard InChI is InChI=1S/C19H23F3N4O2S/c1-12-8-9-13(26-23-10-16(24-26)18(2,3)28)11-25(12)17(27)14-6-4-5-7-15(14)29-19(20,21)22/h4-7,10,12-13,28H,8-9,11H2,1-3H3/t12-,13-/m1/s1. The Hall–Kier alpha value is -2.07. The number of aliphatic hydroxyl groups is 1. The predicted octanol–water partition coefficient (Wildman–Crippen LogP) is 3.98. The fraction of sp³-hybridized carbons (Fsp3) is 0.526. The van der Waals surface area contributed by atoms with Crippen LogP contribution in [0, 0.1) is 0 Å². The van der Waals surface area contributed by atoms with Gasteiger partial charge in [0.15, 0.2) is 0 Å². The largest absolute Gasteiger partial charge is 0.446 e. The van der Waals surface area contributed by atoms with Crippen LogP contribution in [0.3, 0.4) is 0 Å². The number of alkyl halides is 3. The maximum atomic E-state index is 13.1. The number of amides is 1. The Morgan fingerprint density at radius 1 is 1.24 bits per heavy atom. The Bertz CT molecular complexity index is 879. The maximum absolute atomic E-state index is 13.1. The third kappa shape index (κ3) is 5.11. The van der Waals surface area contributed by atoms with Crippen molar-refractivity contribution in [1.82, 2.24) is 19.9 Å².